The van der Waals surface area contributed by atoms with E-state index in [1.165, 1.54) is 6.07 Å². The number of nitro benzene ring substituents is 1. The van der Waals surface area contributed by atoms with Gasteiger partial charge in [0.25, 0.3) is 5.69 Å². The van der Waals surface area contributed by atoms with Gasteiger partial charge in [0, 0.05) is 22.8 Å². The lowest BCUT2D eigenvalue weighted by Gasteiger charge is -2.07. The van der Waals surface area contributed by atoms with Crippen LogP contribution in [-0.4, -0.2) is 10.7 Å². The van der Waals surface area contributed by atoms with Crippen LogP contribution in [0, 0.1) is 30.9 Å². The Morgan fingerprint density at radius 1 is 1.00 bits per heavy atom. The standard InChI is InChI=1S/C16H15NO3/c1-10-4-5-11(2)14(8-10)16(18)13-7-6-12(3)15(9-13)17(19)20/h4-9H,1-3H3. The lowest BCUT2D eigenvalue weighted by atomic mass is 9.96. The maximum atomic E-state index is 12.5. The number of benzene rings is 2. The fourth-order valence-electron chi connectivity index (χ4n) is 2.08. The highest BCUT2D eigenvalue weighted by atomic mass is 16.6. The Morgan fingerprint density at radius 3 is 2.30 bits per heavy atom. The van der Waals surface area contributed by atoms with E-state index >= 15 is 0 Å². The van der Waals surface area contributed by atoms with Crippen molar-refractivity contribution in [1.82, 2.24) is 0 Å². The molecule has 0 aromatic heterocycles. The molecule has 0 aliphatic rings. The Bertz CT molecular complexity index is 705. The van der Waals surface area contributed by atoms with E-state index in [1.54, 1.807) is 19.1 Å². The number of carbonyl (C=O) groups excluding carboxylic acids is 1. The van der Waals surface area contributed by atoms with E-state index in [4.69, 9.17) is 0 Å². The van der Waals surface area contributed by atoms with Crippen molar-refractivity contribution in [3.8, 4) is 0 Å². The van der Waals surface area contributed by atoms with Gasteiger partial charge in [0.15, 0.2) is 5.78 Å². The SMILES string of the molecule is Cc1ccc(C)c(C(=O)c2ccc(C)c([N+](=O)[O-])c2)c1. The molecule has 0 N–H and O–H groups in total. The van der Waals surface area contributed by atoms with Crippen molar-refractivity contribution in [2.75, 3.05) is 0 Å². The lowest BCUT2D eigenvalue weighted by Crippen LogP contribution is -2.05. The average Bonchev–Trinajstić information content (AvgIpc) is 2.41. The summed E-state index contributed by atoms with van der Waals surface area (Å²) in [5, 5.41) is 10.9. The second-order valence-corrected chi connectivity index (χ2v) is 4.91. The van der Waals surface area contributed by atoms with Crippen molar-refractivity contribution in [1.29, 1.82) is 0 Å². The zero-order chi connectivity index (χ0) is 14.9. The number of hydrogen-bond donors (Lipinski definition) is 0. The van der Waals surface area contributed by atoms with Gasteiger partial charge in [0.05, 0.1) is 4.92 Å². The summed E-state index contributed by atoms with van der Waals surface area (Å²) in [6.45, 7) is 5.42. The fraction of sp³-hybridized carbons (Fsp3) is 0.188. The van der Waals surface area contributed by atoms with E-state index in [1.807, 2.05) is 32.0 Å². The minimum absolute atomic E-state index is 0.0267. The zero-order valence-electron chi connectivity index (χ0n) is 11.6. The highest BCUT2D eigenvalue weighted by Gasteiger charge is 2.17. The monoisotopic (exact) mass is 269 g/mol. The van der Waals surface area contributed by atoms with Gasteiger partial charge < -0.3 is 0 Å². The first-order chi connectivity index (χ1) is 9.40. The molecule has 0 atom stereocenters. The Kier molecular flexibility index (Phi) is 3.66. The quantitative estimate of drug-likeness (QED) is 0.484. The van der Waals surface area contributed by atoms with Gasteiger partial charge in [-0.3, -0.25) is 14.9 Å². The van der Waals surface area contributed by atoms with E-state index in [2.05, 4.69) is 0 Å². The van der Waals surface area contributed by atoms with Gasteiger partial charge in [-0.15, -0.1) is 0 Å². The van der Waals surface area contributed by atoms with E-state index < -0.39 is 4.92 Å². The third kappa shape index (κ3) is 2.59. The van der Waals surface area contributed by atoms with Crippen LogP contribution < -0.4 is 0 Å². The number of aryl methyl sites for hydroxylation is 3. The summed E-state index contributed by atoms with van der Waals surface area (Å²) >= 11 is 0. The first-order valence-electron chi connectivity index (χ1n) is 6.27. The normalized spacial score (nSPS) is 10.3. The molecule has 0 spiro atoms. The average molecular weight is 269 g/mol. The largest absolute Gasteiger partial charge is 0.289 e. The second kappa shape index (κ2) is 5.25. The summed E-state index contributed by atoms with van der Waals surface area (Å²) in [7, 11) is 0. The molecular weight excluding hydrogens is 254 g/mol. The molecule has 0 amide bonds. The molecular formula is C16H15NO3. The van der Waals surface area contributed by atoms with Gasteiger partial charge in [0.1, 0.15) is 0 Å². The summed E-state index contributed by atoms with van der Waals surface area (Å²) in [4.78, 5) is 23.0. The number of ketones is 1. The van der Waals surface area contributed by atoms with Crippen LogP contribution in [0.5, 0.6) is 0 Å². The van der Waals surface area contributed by atoms with Gasteiger partial charge in [0.2, 0.25) is 0 Å². The van der Waals surface area contributed by atoms with Crippen molar-refractivity contribution < 1.29 is 9.72 Å². The molecule has 0 bridgehead atoms. The molecule has 102 valence electrons. The smallest absolute Gasteiger partial charge is 0.273 e. The van der Waals surface area contributed by atoms with Gasteiger partial charge in [-0.25, -0.2) is 0 Å². The van der Waals surface area contributed by atoms with Gasteiger partial charge >= 0.3 is 0 Å². The van der Waals surface area contributed by atoms with Crippen LogP contribution >= 0.6 is 0 Å². The van der Waals surface area contributed by atoms with Crippen LogP contribution in [0.25, 0.3) is 0 Å². The minimum Gasteiger partial charge on any atom is -0.289 e. The van der Waals surface area contributed by atoms with Crippen molar-refractivity contribution in [2.45, 2.75) is 20.8 Å². The topological polar surface area (TPSA) is 60.2 Å². The Balaban J connectivity index is 2.51. The molecule has 4 heteroatoms. The number of nitrogens with zero attached hydrogens (tertiary/aromatic N) is 1. The van der Waals surface area contributed by atoms with Crippen LogP contribution in [-0.2, 0) is 0 Å². The lowest BCUT2D eigenvalue weighted by molar-refractivity contribution is -0.385. The van der Waals surface area contributed by atoms with E-state index in [9.17, 15) is 14.9 Å². The molecule has 0 radical (unpaired) electrons. The van der Waals surface area contributed by atoms with Crippen molar-refractivity contribution in [3.05, 3.63) is 74.3 Å². The number of hydrogen-bond acceptors (Lipinski definition) is 3. The zero-order valence-corrected chi connectivity index (χ0v) is 11.6. The van der Waals surface area contributed by atoms with E-state index in [0.29, 0.717) is 16.7 Å². The number of carbonyl (C=O) groups is 1. The first kappa shape index (κ1) is 13.9. The van der Waals surface area contributed by atoms with Crippen LogP contribution in [0.2, 0.25) is 0 Å². The fourth-order valence-corrected chi connectivity index (χ4v) is 2.08. The highest BCUT2D eigenvalue weighted by molar-refractivity contribution is 6.10. The molecule has 4 nitrogen and oxygen atoms in total. The molecule has 0 unspecified atom stereocenters. The predicted molar refractivity (Wildman–Crippen MR) is 77.2 cm³/mol. The summed E-state index contributed by atoms with van der Waals surface area (Å²) in [5.41, 5.74) is 3.30. The van der Waals surface area contributed by atoms with E-state index in [0.717, 1.165) is 11.1 Å². The third-order valence-corrected chi connectivity index (χ3v) is 3.31. The highest BCUT2D eigenvalue weighted by Crippen LogP contribution is 2.22. The molecule has 0 heterocycles. The first-order valence-corrected chi connectivity index (χ1v) is 6.27. The maximum absolute atomic E-state index is 12.5. The molecule has 0 saturated heterocycles. The Morgan fingerprint density at radius 2 is 1.65 bits per heavy atom. The van der Waals surface area contributed by atoms with E-state index in [-0.39, 0.29) is 11.5 Å². The molecule has 2 aromatic rings. The van der Waals surface area contributed by atoms with Crippen LogP contribution in [0.15, 0.2) is 36.4 Å². The van der Waals surface area contributed by atoms with Gasteiger partial charge in [-0.2, -0.15) is 0 Å². The third-order valence-electron chi connectivity index (χ3n) is 3.31. The molecule has 0 saturated carbocycles. The Hall–Kier alpha value is -2.49. The minimum atomic E-state index is -0.463. The second-order valence-electron chi connectivity index (χ2n) is 4.91. The summed E-state index contributed by atoms with van der Waals surface area (Å²) in [5.74, 6) is -0.186. The predicted octanol–water partition coefficient (Wildman–Crippen LogP) is 3.75. The summed E-state index contributed by atoms with van der Waals surface area (Å²) in [6.07, 6.45) is 0. The van der Waals surface area contributed by atoms with Crippen LogP contribution in [0.1, 0.15) is 32.6 Å². The number of nitro groups is 1. The molecule has 0 aliphatic carbocycles. The van der Waals surface area contributed by atoms with Crippen molar-refractivity contribution >= 4 is 11.5 Å². The summed E-state index contributed by atoms with van der Waals surface area (Å²) < 4.78 is 0. The Labute approximate surface area is 117 Å². The molecule has 0 aliphatic heterocycles. The van der Waals surface area contributed by atoms with Crippen LogP contribution in [0.3, 0.4) is 0 Å². The van der Waals surface area contributed by atoms with Crippen molar-refractivity contribution in [3.63, 3.8) is 0 Å². The number of rotatable bonds is 3. The van der Waals surface area contributed by atoms with Crippen LogP contribution in [0.4, 0.5) is 5.69 Å². The maximum Gasteiger partial charge on any atom is 0.273 e. The molecule has 20 heavy (non-hydrogen) atoms. The molecule has 0 fully saturated rings. The van der Waals surface area contributed by atoms with Gasteiger partial charge in [-0.05, 0) is 32.4 Å². The molecule has 2 rings (SSSR count). The van der Waals surface area contributed by atoms with Crippen molar-refractivity contribution in [2.24, 2.45) is 0 Å². The van der Waals surface area contributed by atoms with Gasteiger partial charge in [-0.1, -0.05) is 29.8 Å². The molecule has 2 aromatic carbocycles. The summed E-state index contributed by atoms with van der Waals surface area (Å²) in [6, 6.07) is 10.2.